The third-order valence-electron chi connectivity index (χ3n) is 5.07. The zero-order valence-corrected chi connectivity index (χ0v) is 16.3. The fourth-order valence-corrected chi connectivity index (χ4v) is 3.55. The van der Waals surface area contributed by atoms with E-state index in [4.69, 9.17) is 9.15 Å². The van der Waals surface area contributed by atoms with Crippen LogP contribution in [-0.4, -0.2) is 0 Å². The van der Waals surface area contributed by atoms with E-state index < -0.39 is 0 Å². The third kappa shape index (κ3) is 3.85. The molecule has 1 N–H and O–H groups in total. The summed E-state index contributed by atoms with van der Waals surface area (Å²) in [4.78, 5) is 0. The van der Waals surface area contributed by atoms with Gasteiger partial charge in [0.1, 0.15) is 29.3 Å². The van der Waals surface area contributed by atoms with Crippen molar-refractivity contribution in [2.75, 3.05) is 5.32 Å². The lowest BCUT2D eigenvalue weighted by Crippen LogP contribution is -2.00. The maximum absolute atomic E-state index is 13.7. The molecule has 0 fully saturated rings. The maximum atomic E-state index is 13.7. The van der Waals surface area contributed by atoms with Gasteiger partial charge in [0.2, 0.25) is 0 Å². The summed E-state index contributed by atoms with van der Waals surface area (Å²) in [7, 11) is 0. The molecule has 5 aromatic rings. The second-order valence-electron chi connectivity index (χ2n) is 7.23. The highest BCUT2D eigenvalue weighted by molar-refractivity contribution is 6.05. The highest BCUT2D eigenvalue weighted by Gasteiger charge is 2.09. The Morgan fingerprint density at radius 2 is 1.50 bits per heavy atom. The van der Waals surface area contributed by atoms with Gasteiger partial charge in [-0.15, -0.1) is 0 Å². The van der Waals surface area contributed by atoms with Crippen molar-refractivity contribution in [3.8, 4) is 5.75 Å². The van der Waals surface area contributed by atoms with E-state index in [1.54, 1.807) is 6.07 Å². The smallest absolute Gasteiger partial charge is 0.135 e. The lowest BCUT2D eigenvalue weighted by Gasteiger charge is -2.10. The summed E-state index contributed by atoms with van der Waals surface area (Å²) < 4.78 is 25.4. The van der Waals surface area contributed by atoms with Gasteiger partial charge in [-0.2, -0.15) is 0 Å². The Kier molecular flexibility index (Phi) is 4.81. The monoisotopic (exact) mass is 397 g/mol. The molecule has 3 nitrogen and oxygen atoms in total. The van der Waals surface area contributed by atoms with Gasteiger partial charge < -0.3 is 14.5 Å². The lowest BCUT2D eigenvalue weighted by molar-refractivity contribution is 0.306. The molecule has 148 valence electrons. The summed E-state index contributed by atoms with van der Waals surface area (Å²) >= 11 is 0. The second-order valence-corrected chi connectivity index (χ2v) is 7.23. The van der Waals surface area contributed by atoms with E-state index in [0.717, 1.165) is 38.9 Å². The van der Waals surface area contributed by atoms with E-state index in [1.165, 1.54) is 12.1 Å². The molecule has 1 aromatic heterocycles. The Hall–Kier alpha value is -3.79. The van der Waals surface area contributed by atoms with Crippen LogP contribution in [0.25, 0.3) is 21.9 Å². The van der Waals surface area contributed by atoms with Gasteiger partial charge in [-0.05, 0) is 59.7 Å². The van der Waals surface area contributed by atoms with Crippen LogP contribution in [0.5, 0.6) is 5.75 Å². The molecule has 5 rings (SSSR count). The predicted molar refractivity (Wildman–Crippen MR) is 118 cm³/mol. The van der Waals surface area contributed by atoms with Gasteiger partial charge in [0, 0.05) is 23.0 Å². The second kappa shape index (κ2) is 7.91. The van der Waals surface area contributed by atoms with Crippen LogP contribution in [0.4, 0.5) is 10.1 Å². The number of benzene rings is 4. The normalized spacial score (nSPS) is 11.1. The topological polar surface area (TPSA) is 34.4 Å². The number of rotatable bonds is 6. The van der Waals surface area contributed by atoms with Gasteiger partial charge >= 0.3 is 0 Å². The van der Waals surface area contributed by atoms with Gasteiger partial charge in [0.25, 0.3) is 0 Å². The van der Waals surface area contributed by atoms with E-state index in [-0.39, 0.29) is 5.82 Å². The van der Waals surface area contributed by atoms with Crippen LogP contribution in [0.1, 0.15) is 11.1 Å². The molecule has 0 aliphatic carbocycles. The molecule has 0 bridgehead atoms. The van der Waals surface area contributed by atoms with Crippen molar-refractivity contribution in [1.29, 1.82) is 0 Å². The Labute approximate surface area is 173 Å². The van der Waals surface area contributed by atoms with Gasteiger partial charge in [-0.25, -0.2) is 4.39 Å². The molecule has 0 aliphatic heterocycles. The number of hydrogen-bond donors (Lipinski definition) is 1. The van der Waals surface area contributed by atoms with E-state index in [1.807, 2.05) is 66.7 Å². The van der Waals surface area contributed by atoms with Crippen molar-refractivity contribution in [1.82, 2.24) is 0 Å². The highest BCUT2D eigenvalue weighted by Crippen LogP contribution is 2.31. The average Bonchev–Trinajstić information content (AvgIpc) is 3.14. The number of fused-ring (bicyclic) bond motifs is 3. The fraction of sp³-hybridized carbons (Fsp3) is 0.0769. The van der Waals surface area contributed by atoms with E-state index in [2.05, 4.69) is 11.4 Å². The highest BCUT2D eigenvalue weighted by atomic mass is 19.1. The molecule has 0 atom stereocenters. The first-order valence-electron chi connectivity index (χ1n) is 9.86. The molecular weight excluding hydrogens is 377 g/mol. The van der Waals surface area contributed by atoms with Gasteiger partial charge in [0.15, 0.2) is 0 Å². The zero-order chi connectivity index (χ0) is 20.3. The summed E-state index contributed by atoms with van der Waals surface area (Å²) in [6.07, 6.45) is 0. The SMILES string of the molecule is Fc1ccc2oc3ccc(NCc4cccc(OCc5ccccc5)c4)cc3c2c1. The summed E-state index contributed by atoms with van der Waals surface area (Å²) in [6, 6.07) is 28.6. The minimum absolute atomic E-state index is 0.268. The van der Waals surface area contributed by atoms with E-state index >= 15 is 0 Å². The maximum Gasteiger partial charge on any atom is 0.135 e. The molecule has 4 aromatic carbocycles. The first-order valence-corrected chi connectivity index (χ1v) is 9.86. The number of nitrogens with one attached hydrogen (secondary N) is 1. The molecule has 1 heterocycles. The van der Waals surface area contributed by atoms with Gasteiger partial charge in [0.05, 0.1) is 0 Å². The Morgan fingerprint density at radius 1 is 0.733 bits per heavy atom. The number of anilines is 1. The Bertz CT molecular complexity index is 1310. The first-order chi connectivity index (χ1) is 14.7. The predicted octanol–water partition coefficient (Wildman–Crippen LogP) is 6.92. The Morgan fingerprint density at radius 3 is 2.37 bits per heavy atom. The van der Waals surface area contributed by atoms with Crippen LogP contribution in [0, 0.1) is 5.82 Å². The van der Waals surface area contributed by atoms with E-state index in [9.17, 15) is 4.39 Å². The molecule has 0 saturated heterocycles. The van der Waals surface area contributed by atoms with Gasteiger partial charge in [-0.3, -0.25) is 0 Å². The van der Waals surface area contributed by atoms with Crippen molar-refractivity contribution < 1.29 is 13.5 Å². The van der Waals surface area contributed by atoms with Crippen LogP contribution in [0.2, 0.25) is 0 Å². The van der Waals surface area contributed by atoms with Crippen molar-refractivity contribution >= 4 is 27.6 Å². The summed E-state index contributed by atoms with van der Waals surface area (Å²) in [5.74, 6) is 0.570. The lowest BCUT2D eigenvalue weighted by atomic mass is 10.1. The number of ether oxygens (including phenoxy) is 1. The summed E-state index contributed by atoms with van der Waals surface area (Å²) in [5, 5.41) is 5.11. The first kappa shape index (κ1) is 18.3. The van der Waals surface area contributed by atoms with E-state index in [0.29, 0.717) is 18.7 Å². The molecule has 4 heteroatoms. The van der Waals surface area contributed by atoms with Crippen LogP contribution >= 0.6 is 0 Å². The van der Waals surface area contributed by atoms with Crippen molar-refractivity contribution in [3.63, 3.8) is 0 Å². The quantitative estimate of drug-likeness (QED) is 0.338. The average molecular weight is 397 g/mol. The molecule has 0 spiro atoms. The van der Waals surface area contributed by atoms with Crippen molar-refractivity contribution in [2.24, 2.45) is 0 Å². The van der Waals surface area contributed by atoms with Crippen molar-refractivity contribution in [2.45, 2.75) is 13.2 Å². The minimum Gasteiger partial charge on any atom is -0.489 e. The number of halogens is 1. The molecule has 0 aliphatic rings. The molecule has 30 heavy (non-hydrogen) atoms. The number of furan rings is 1. The molecule has 0 saturated carbocycles. The summed E-state index contributed by atoms with van der Waals surface area (Å²) in [6.45, 7) is 1.19. The molecular formula is C26H20FNO2. The summed E-state index contributed by atoms with van der Waals surface area (Å²) in [5.41, 5.74) is 4.64. The standard InChI is InChI=1S/C26H20FNO2/c27-20-9-11-25-23(14-20)24-15-21(10-12-26(24)30-25)28-16-19-7-4-8-22(13-19)29-17-18-5-2-1-3-6-18/h1-15,28H,16-17H2. The molecule has 0 radical (unpaired) electrons. The zero-order valence-electron chi connectivity index (χ0n) is 16.3. The third-order valence-corrected chi connectivity index (χ3v) is 5.07. The van der Waals surface area contributed by atoms with Crippen LogP contribution < -0.4 is 10.1 Å². The minimum atomic E-state index is -0.268. The largest absolute Gasteiger partial charge is 0.489 e. The van der Waals surface area contributed by atoms with Crippen LogP contribution in [0.3, 0.4) is 0 Å². The van der Waals surface area contributed by atoms with Gasteiger partial charge in [-0.1, -0.05) is 42.5 Å². The Balaban J connectivity index is 1.30. The molecule has 0 unspecified atom stereocenters. The van der Waals surface area contributed by atoms with Crippen LogP contribution in [0.15, 0.2) is 95.4 Å². The fourth-order valence-electron chi connectivity index (χ4n) is 3.55. The van der Waals surface area contributed by atoms with Crippen molar-refractivity contribution in [3.05, 3.63) is 108 Å². The number of hydrogen-bond acceptors (Lipinski definition) is 3. The van der Waals surface area contributed by atoms with Crippen LogP contribution in [-0.2, 0) is 13.2 Å². The molecule has 0 amide bonds.